The van der Waals surface area contributed by atoms with E-state index in [9.17, 15) is 4.39 Å². The number of benzene rings is 3. The molecule has 0 fully saturated rings. The van der Waals surface area contributed by atoms with E-state index in [1.165, 1.54) is 6.07 Å². The molecule has 2 N–H and O–H groups in total. The van der Waals surface area contributed by atoms with Gasteiger partial charge in [0.2, 0.25) is 0 Å². The molecule has 0 saturated heterocycles. The summed E-state index contributed by atoms with van der Waals surface area (Å²) < 4.78 is 14.8. The predicted molar refractivity (Wildman–Crippen MR) is 84.1 cm³/mol. The molecule has 1 unspecified atom stereocenters. The van der Waals surface area contributed by atoms with Crippen LogP contribution in [0.5, 0.6) is 0 Å². The summed E-state index contributed by atoms with van der Waals surface area (Å²) in [6.07, 6.45) is 0. The second kappa shape index (κ2) is 5.35. The zero-order valence-corrected chi connectivity index (χ0v) is 12.3. The minimum atomic E-state index is -0.280. The van der Waals surface area contributed by atoms with Gasteiger partial charge in [-0.05, 0) is 34.7 Å². The van der Waals surface area contributed by atoms with Crippen LogP contribution in [0.1, 0.15) is 17.2 Å². The van der Waals surface area contributed by atoms with E-state index in [2.05, 4.69) is 15.9 Å². The number of rotatable bonds is 2. The number of halogens is 2. The predicted octanol–water partition coefficient (Wildman–Crippen LogP) is 4.79. The smallest absolute Gasteiger partial charge is 0.131 e. The maximum Gasteiger partial charge on any atom is 0.131 e. The average Bonchev–Trinajstić information content (AvgIpc) is 2.47. The highest BCUT2D eigenvalue weighted by atomic mass is 79.9. The molecule has 0 heterocycles. The zero-order valence-electron chi connectivity index (χ0n) is 10.7. The molecule has 1 atom stereocenters. The Balaban J connectivity index is 2.17. The van der Waals surface area contributed by atoms with Crippen LogP contribution in [-0.2, 0) is 0 Å². The van der Waals surface area contributed by atoms with Crippen molar-refractivity contribution >= 4 is 26.7 Å². The van der Waals surface area contributed by atoms with Crippen LogP contribution in [0.4, 0.5) is 4.39 Å². The summed E-state index contributed by atoms with van der Waals surface area (Å²) in [4.78, 5) is 0. The van der Waals surface area contributed by atoms with E-state index in [1.807, 2.05) is 42.5 Å². The van der Waals surface area contributed by atoms with Gasteiger partial charge in [0.25, 0.3) is 0 Å². The fraction of sp³-hybridized carbons (Fsp3) is 0.0588. The first kappa shape index (κ1) is 13.3. The molecule has 3 rings (SSSR count). The standard InChI is InChI=1S/C17H13BrFN/c18-12-5-3-4-11(10-12)17(20)15-8-9-16(19)14-7-2-1-6-13(14)15/h1-10,17H,20H2. The molecule has 100 valence electrons. The SMILES string of the molecule is NC(c1cccc(Br)c1)c1ccc(F)c2ccccc12. The molecule has 0 aromatic heterocycles. The molecule has 20 heavy (non-hydrogen) atoms. The van der Waals surface area contributed by atoms with Crippen molar-refractivity contribution in [2.45, 2.75) is 6.04 Å². The first-order valence-corrected chi connectivity index (χ1v) is 7.14. The Kier molecular flexibility index (Phi) is 3.55. The van der Waals surface area contributed by atoms with E-state index >= 15 is 0 Å². The van der Waals surface area contributed by atoms with Gasteiger partial charge < -0.3 is 5.73 Å². The van der Waals surface area contributed by atoms with E-state index in [4.69, 9.17) is 5.73 Å². The van der Waals surface area contributed by atoms with Gasteiger partial charge in [0, 0.05) is 9.86 Å². The maximum atomic E-state index is 13.8. The lowest BCUT2D eigenvalue weighted by atomic mass is 9.94. The maximum absolute atomic E-state index is 13.8. The van der Waals surface area contributed by atoms with E-state index in [0.29, 0.717) is 5.39 Å². The summed E-state index contributed by atoms with van der Waals surface area (Å²) in [5.41, 5.74) is 8.29. The molecule has 1 nitrogen and oxygen atoms in total. The number of nitrogens with two attached hydrogens (primary N) is 1. The zero-order chi connectivity index (χ0) is 14.1. The minimum Gasteiger partial charge on any atom is -0.320 e. The van der Waals surface area contributed by atoms with Gasteiger partial charge in [0.15, 0.2) is 0 Å². The van der Waals surface area contributed by atoms with Crippen molar-refractivity contribution in [2.24, 2.45) is 5.73 Å². The molecule has 3 aromatic rings. The summed E-state index contributed by atoms with van der Waals surface area (Å²) in [5, 5.41) is 1.47. The highest BCUT2D eigenvalue weighted by Gasteiger charge is 2.14. The molecular formula is C17H13BrFN. The molecule has 0 aliphatic carbocycles. The summed E-state index contributed by atoms with van der Waals surface area (Å²) in [6.45, 7) is 0. The third-order valence-electron chi connectivity index (χ3n) is 3.45. The van der Waals surface area contributed by atoms with Crippen molar-refractivity contribution in [3.05, 3.63) is 82.1 Å². The van der Waals surface area contributed by atoms with Gasteiger partial charge in [-0.15, -0.1) is 0 Å². The van der Waals surface area contributed by atoms with Crippen LogP contribution in [0.15, 0.2) is 65.1 Å². The summed E-state index contributed by atoms with van der Waals surface area (Å²) in [6, 6.07) is 18.3. The van der Waals surface area contributed by atoms with Crippen LogP contribution in [0, 0.1) is 5.82 Å². The van der Waals surface area contributed by atoms with Gasteiger partial charge in [0.05, 0.1) is 6.04 Å². The third kappa shape index (κ3) is 2.35. The fourth-order valence-corrected chi connectivity index (χ4v) is 2.85. The Morgan fingerprint density at radius 2 is 1.65 bits per heavy atom. The minimum absolute atomic E-state index is 0.217. The topological polar surface area (TPSA) is 26.0 Å². The number of hydrogen-bond acceptors (Lipinski definition) is 1. The molecule has 0 saturated carbocycles. The van der Waals surface area contributed by atoms with Crippen molar-refractivity contribution in [1.82, 2.24) is 0 Å². The Morgan fingerprint density at radius 3 is 2.40 bits per heavy atom. The van der Waals surface area contributed by atoms with Crippen LogP contribution in [0.3, 0.4) is 0 Å². The van der Waals surface area contributed by atoms with Crippen LogP contribution < -0.4 is 5.73 Å². The molecule has 0 aliphatic rings. The van der Waals surface area contributed by atoms with Gasteiger partial charge in [0.1, 0.15) is 5.82 Å². The van der Waals surface area contributed by atoms with Gasteiger partial charge in [-0.25, -0.2) is 4.39 Å². The van der Waals surface area contributed by atoms with E-state index < -0.39 is 0 Å². The lowest BCUT2D eigenvalue weighted by molar-refractivity contribution is 0.639. The quantitative estimate of drug-likeness (QED) is 0.718. The third-order valence-corrected chi connectivity index (χ3v) is 3.94. The first-order valence-electron chi connectivity index (χ1n) is 6.35. The normalized spacial score (nSPS) is 12.6. The van der Waals surface area contributed by atoms with Crippen molar-refractivity contribution < 1.29 is 4.39 Å². The monoisotopic (exact) mass is 329 g/mol. The first-order chi connectivity index (χ1) is 9.66. The van der Waals surface area contributed by atoms with Crippen molar-refractivity contribution in [2.75, 3.05) is 0 Å². The highest BCUT2D eigenvalue weighted by molar-refractivity contribution is 9.10. The van der Waals surface area contributed by atoms with Gasteiger partial charge in [-0.1, -0.05) is 58.4 Å². The van der Waals surface area contributed by atoms with E-state index in [-0.39, 0.29) is 11.9 Å². The number of fused-ring (bicyclic) bond motifs is 1. The Morgan fingerprint density at radius 1 is 0.900 bits per heavy atom. The molecule has 0 spiro atoms. The Hall–Kier alpha value is -1.71. The summed E-state index contributed by atoms with van der Waals surface area (Å²) in [5.74, 6) is -0.217. The lowest BCUT2D eigenvalue weighted by Gasteiger charge is -2.16. The van der Waals surface area contributed by atoms with Crippen LogP contribution in [0.2, 0.25) is 0 Å². The molecule has 3 aromatic carbocycles. The van der Waals surface area contributed by atoms with Crippen LogP contribution >= 0.6 is 15.9 Å². The second-order valence-corrected chi connectivity index (χ2v) is 5.63. The average molecular weight is 330 g/mol. The van der Waals surface area contributed by atoms with Crippen LogP contribution in [-0.4, -0.2) is 0 Å². The number of hydrogen-bond donors (Lipinski definition) is 1. The summed E-state index contributed by atoms with van der Waals surface area (Å²) >= 11 is 3.45. The largest absolute Gasteiger partial charge is 0.320 e. The summed E-state index contributed by atoms with van der Waals surface area (Å²) in [7, 11) is 0. The van der Waals surface area contributed by atoms with Crippen molar-refractivity contribution in [1.29, 1.82) is 0 Å². The molecule has 0 bridgehead atoms. The Labute approximate surface area is 125 Å². The molecule has 0 amide bonds. The Bertz CT molecular complexity index is 770. The van der Waals surface area contributed by atoms with Crippen molar-refractivity contribution in [3.63, 3.8) is 0 Å². The molecule has 0 aliphatic heterocycles. The van der Waals surface area contributed by atoms with Crippen molar-refractivity contribution in [3.8, 4) is 0 Å². The van der Waals surface area contributed by atoms with E-state index in [0.717, 1.165) is 21.0 Å². The van der Waals surface area contributed by atoms with Gasteiger partial charge in [-0.2, -0.15) is 0 Å². The van der Waals surface area contributed by atoms with Crippen LogP contribution in [0.25, 0.3) is 10.8 Å². The highest BCUT2D eigenvalue weighted by Crippen LogP contribution is 2.29. The molecular weight excluding hydrogens is 317 g/mol. The lowest BCUT2D eigenvalue weighted by Crippen LogP contribution is -2.12. The fourth-order valence-electron chi connectivity index (χ4n) is 2.44. The second-order valence-electron chi connectivity index (χ2n) is 4.71. The molecule has 0 radical (unpaired) electrons. The van der Waals surface area contributed by atoms with Gasteiger partial charge in [-0.3, -0.25) is 0 Å². The molecule has 3 heteroatoms. The van der Waals surface area contributed by atoms with E-state index in [1.54, 1.807) is 12.1 Å². The van der Waals surface area contributed by atoms with Gasteiger partial charge >= 0.3 is 0 Å².